The van der Waals surface area contributed by atoms with E-state index < -0.39 is 37.2 Å². The van der Waals surface area contributed by atoms with Crippen LogP contribution >= 0.6 is 0 Å². The third-order valence-electron chi connectivity index (χ3n) is 0. The van der Waals surface area contributed by atoms with Crippen LogP contribution in [0, 0.1) is 0 Å². The third-order valence-corrected chi connectivity index (χ3v) is 0. The average molecular weight is 352 g/mol. The molecule has 0 aliphatic carbocycles. The van der Waals surface area contributed by atoms with Gasteiger partial charge in [-0.3, -0.25) is 0 Å². The fourth-order valence-corrected chi connectivity index (χ4v) is 0. The summed E-state index contributed by atoms with van der Waals surface area (Å²) in [5.41, 5.74) is 0. The molecule has 0 rings (SSSR count). The molecule has 0 heterocycles. The molecule has 0 aliphatic heterocycles. The zero-order valence-corrected chi connectivity index (χ0v) is 15.3. The number of hydrogen-bond acceptors (Lipinski definition) is 6. The van der Waals surface area contributed by atoms with Crippen molar-refractivity contribution < 1.29 is 91.3 Å². The Kier molecular flexibility index (Phi) is 120. The maximum atomic E-state index is 8.58. The van der Waals surface area contributed by atoms with Crippen LogP contribution < -0.4 is 14.8 Å². The molecule has 0 radical (unpaired) electrons. The van der Waals surface area contributed by atoms with E-state index in [9.17, 15) is 0 Å². The normalized spacial score (nSPS) is 4.00. The molecule has 13 heteroatoms. The van der Waals surface area contributed by atoms with Crippen LogP contribution in [0.3, 0.4) is 0 Å². The Morgan fingerprint density at radius 3 is 0.692 bits per heavy atom. The van der Waals surface area contributed by atoms with Gasteiger partial charge in [0.25, 0.3) is 0 Å². The molecule has 8 nitrogen and oxygen atoms in total. The van der Waals surface area contributed by atoms with Crippen LogP contribution in [0.5, 0.6) is 0 Å². The molecule has 0 N–H and O–H groups in total. The van der Waals surface area contributed by atoms with Crippen LogP contribution in [0.15, 0.2) is 0 Å². The Morgan fingerprint density at radius 2 is 0.692 bits per heavy atom. The van der Waals surface area contributed by atoms with Gasteiger partial charge in [-0.25, -0.2) is 0 Å². The quantitative estimate of drug-likeness (QED) is 0.391. The molecule has 0 aromatic heterocycles. The second kappa shape index (κ2) is 36.0. The fraction of sp³-hybridized carbons (Fsp3) is 0. The van der Waals surface area contributed by atoms with Crippen molar-refractivity contribution in [3.8, 4) is 0 Å². The summed E-state index contributed by atoms with van der Waals surface area (Å²) in [5, 5.41) is 0. The van der Waals surface area contributed by atoms with Gasteiger partial charge in [0.15, 0.2) is 0 Å². The number of hydrogen-bond donors (Lipinski definition) is 0. The summed E-state index contributed by atoms with van der Waals surface area (Å²) in [7, 11) is 0. The fourth-order valence-electron chi connectivity index (χ4n) is 0. The minimum Gasteiger partial charge on any atom is 4.00 e. The molecule has 0 saturated carbocycles. The summed E-state index contributed by atoms with van der Waals surface area (Å²) < 4.78 is 51.5. The zero-order chi connectivity index (χ0) is 7.15. The second-order valence-corrected chi connectivity index (χ2v) is 2.06. The molecule has 0 amide bonds. The van der Waals surface area contributed by atoms with Gasteiger partial charge in [-0.1, -0.05) is 0 Å². The van der Waals surface area contributed by atoms with Gasteiger partial charge in [-0.05, 0) is 0 Å². The standard InChI is InChI=1S/2Ca.8O.3Ti/q2*+2;;;2*-2;4*-1;;;+4. The first-order chi connectivity index (χ1) is 3.46. The summed E-state index contributed by atoms with van der Waals surface area (Å²) in [6.07, 6.45) is 0. The van der Waals surface area contributed by atoms with Crippen molar-refractivity contribution in [1.29, 1.82) is 0 Å². The minimum absolute atomic E-state index is 0. The van der Waals surface area contributed by atoms with Gasteiger partial charge in [0.05, 0.1) is 0 Å². The van der Waals surface area contributed by atoms with E-state index in [-0.39, 0.29) is 108 Å². The van der Waals surface area contributed by atoms with E-state index in [2.05, 4.69) is 0 Å². The van der Waals surface area contributed by atoms with Gasteiger partial charge < -0.3 is 11.0 Å². The first-order valence-electron chi connectivity index (χ1n) is 1.22. The van der Waals surface area contributed by atoms with Gasteiger partial charge in [0.1, 0.15) is 0 Å². The summed E-state index contributed by atoms with van der Waals surface area (Å²) in [5.74, 6) is 0. The molecule has 0 aromatic rings. The van der Waals surface area contributed by atoms with Crippen molar-refractivity contribution in [2.24, 2.45) is 0 Å². The van der Waals surface area contributed by atoms with Gasteiger partial charge in [-0.15, -0.1) is 0 Å². The van der Waals surface area contributed by atoms with Crippen LogP contribution in [0.4, 0.5) is 0 Å². The monoisotopic (exact) mass is 352 g/mol. The molecule has 0 spiro atoms. The Labute approximate surface area is 163 Å². The summed E-state index contributed by atoms with van der Waals surface area (Å²) in [6, 6.07) is 0. The molecular formula is Ca2O8Ti3. The van der Waals surface area contributed by atoms with Crippen LogP contribution in [-0.4, -0.2) is 75.5 Å². The number of rotatable bonds is 0. The van der Waals surface area contributed by atoms with Crippen molar-refractivity contribution in [3.05, 3.63) is 0 Å². The largest absolute Gasteiger partial charge is 4.00 e. The van der Waals surface area contributed by atoms with Gasteiger partial charge in [-0.2, -0.15) is 0 Å². The minimum atomic E-state index is -4.08. The van der Waals surface area contributed by atoms with E-state index in [4.69, 9.17) is 21.4 Å². The third kappa shape index (κ3) is 195. The maximum Gasteiger partial charge on any atom is 4.00 e. The molecule has 0 unspecified atom stereocenters. The summed E-state index contributed by atoms with van der Waals surface area (Å²) >= 11 is -8.17. The van der Waals surface area contributed by atoms with Crippen molar-refractivity contribution in [1.82, 2.24) is 0 Å². The smallest absolute Gasteiger partial charge is 4.00 e. The molecule has 13 heavy (non-hydrogen) atoms. The first kappa shape index (κ1) is 43.5. The van der Waals surface area contributed by atoms with Crippen molar-refractivity contribution in [3.63, 3.8) is 0 Å². The van der Waals surface area contributed by atoms with Gasteiger partial charge >= 0.3 is 156 Å². The molecule has 0 aromatic carbocycles. The SMILES string of the molecule is [Ca+2].[Ca+2].[O-2].[O-2].[O]=[Ti]([O-])[O-].[O]=[Ti]([O-])[O-].[Ti+4]. The van der Waals surface area contributed by atoms with Crippen molar-refractivity contribution in [2.45, 2.75) is 0 Å². The molecule has 0 saturated heterocycles. The Balaban J connectivity index is -0.00000000800. The van der Waals surface area contributed by atoms with Gasteiger partial charge in [0, 0.05) is 0 Å². The van der Waals surface area contributed by atoms with E-state index in [1.165, 1.54) is 0 Å². The van der Waals surface area contributed by atoms with Crippen LogP contribution in [-0.2, 0) is 76.6 Å². The summed E-state index contributed by atoms with van der Waals surface area (Å²) in [4.78, 5) is 0. The van der Waals surface area contributed by atoms with Crippen LogP contribution in [0.1, 0.15) is 0 Å². The van der Waals surface area contributed by atoms with E-state index in [1.54, 1.807) is 0 Å². The molecule has 0 fully saturated rings. The molecule has 0 aliphatic rings. The van der Waals surface area contributed by atoms with Crippen LogP contribution in [0.25, 0.3) is 0 Å². The molecule has 64 valence electrons. The summed E-state index contributed by atoms with van der Waals surface area (Å²) in [6.45, 7) is 0. The second-order valence-electron chi connectivity index (χ2n) is 0.500. The first-order valence-corrected chi connectivity index (χ1v) is 5.05. The average Bonchev–Trinajstić information content (AvgIpc) is 1.25. The predicted octanol–water partition coefficient (Wildman–Crippen LogP) is -6.00. The predicted molar refractivity (Wildman–Crippen MR) is 14.3 cm³/mol. The van der Waals surface area contributed by atoms with Crippen LogP contribution in [0.2, 0.25) is 0 Å². The Hall–Kier alpha value is 4.02. The Morgan fingerprint density at radius 1 is 0.692 bits per heavy atom. The van der Waals surface area contributed by atoms with E-state index in [1.807, 2.05) is 0 Å². The van der Waals surface area contributed by atoms with E-state index in [0.717, 1.165) is 0 Å². The molecule has 0 atom stereocenters. The Bertz CT molecular complexity index is 75.4. The maximum absolute atomic E-state index is 8.58. The topological polar surface area (TPSA) is 183 Å². The van der Waals surface area contributed by atoms with Crippen molar-refractivity contribution >= 4 is 75.5 Å². The van der Waals surface area contributed by atoms with E-state index in [0.29, 0.717) is 0 Å². The molecular weight excluding hydrogens is 352 g/mol. The zero-order valence-electron chi connectivity index (χ0n) is 6.18. The van der Waals surface area contributed by atoms with Gasteiger partial charge in [0.2, 0.25) is 0 Å². The van der Waals surface area contributed by atoms with E-state index >= 15 is 0 Å². The molecule has 0 bridgehead atoms. The van der Waals surface area contributed by atoms with Crippen molar-refractivity contribution in [2.75, 3.05) is 0 Å².